The van der Waals surface area contributed by atoms with Crippen LogP contribution in [0.5, 0.6) is 5.75 Å². The Morgan fingerprint density at radius 1 is 1.50 bits per heavy atom. The van der Waals surface area contributed by atoms with E-state index in [1.165, 1.54) is 5.56 Å². The predicted octanol–water partition coefficient (Wildman–Crippen LogP) is 2.52. The zero-order valence-corrected chi connectivity index (χ0v) is 9.34. The number of hydrogen-bond donors (Lipinski definition) is 0. The van der Waals surface area contributed by atoms with Gasteiger partial charge in [0.05, 0.1) is 11.1 Å². The second-order valence-corrected chi connectivity index (χ2v) is 4.19. The molecule has 2 nitrogen and oxygen atoms in total. The van der Waals surface area contributed by atoms with E-state index in [9.17, 15) is 4.79 Å². The highest BCUT2D eigenvalue weighted by molar-refractivity contribution is 9.10. The molecule has 1 aromatic carbocycles. The van der Waals surface area contributed by atoms with E-state index in [4.69, 9.17) is 4.74 Å². The van der Waals surface area contributed by atoms with Crippen molar-refractivity contribution in [2.75, 3.05) is 6.61 Å². The number of halogens is 1. The first kappa shape index (κ1) is 9.71. The van der Waals surface area contributed by atoms with Crippen molar-refractivity contribution in [3.8, 4) is 5.75 Å². The molecule has 14 heavy (non-hydrogen) atoms. The molecule has 0 bridgehead atoms. The molecule has 0 atom stereocenters. The monoisotopic (exact) mass is 254 g/mol. The highest BCUT2D eigenvalue weighted by Crippen LogP contribution is 2.35. The summed E-state index contributed by atoms with van der Waals surface area (Å²) < 4.78 is 6.57. The van der Waals surface area contributed by atoms with E-state index in [1.54, 1.807) is 0 Å². The normalized spacial score (nSPS) is 14.4. The van der Waals surface area contributed by atoms with E-state index >= 15 is 0 Å². The summed E-state index contributed by atoms with van der Waals surface area (Å²) >= 11 is 3.45. The van der Waals surface area contributed by atoms with E-state index in [-0.39, 0.29) is 0 Å². The van der Waals surface area contributed by atoms with Gasteiger partial charge in [0.2, 0.25) is 0 Å². The van der Waals surface area contributed by atoms with Crippen LogP contribution in [0.25, 0.3) is 0 Å². The van der Waals surface area contributed by atoms with Gasteiger partial charge in [0.1, 0.15) is 12.0 Å². The molecule has 0 N–H and O–H groups in total. The molecule has 3 heteroatoms. The van der Waals surface area contributed by atoms with Crippen LogP contribution in [0.1, 0.15) is 17.5 Å². The molecule has 0 aromatic heterocycles. The number of benzene rings is 1. The van der Waals surface area contributed by atoms with Gasteiger partial charge in [-0.25, -0.2) is 0 Å². The van der Waals surface area contributed by atoms with E-state index in [0.29, 0.717) is 6.42 Å². The molecule has 2 rings (SSSR count). The molecular formula is C11H11BrO2. The Bertz CT molecular complexity index is 361. The summed E-state index contributed by atoms with van der Waals surface area (Å²) in [4.78, 5) is 10.5. The zero-order chi connectivity index (χ0) is 9.97. The topological polar surface area (TPSA) is 26.3 Å². The van der Waals surface area contributed by atoms with Crippen LogP contribution in [0.3, 0.4) is 0 Å². The minimum absolute atomic E-state index is 0.485. The number of fused-ring (bicyclic) bond motifs is 1. The van der Waals surface area contributed by atoms with Gasteiger partial charge >= 0.3 is 0 Å². The molecule has 74 valence electrons. The molecule has 0 radical (unpaired) electrons. The average molecular weight is 255 g/mol. The Kier molecular flexibility index (Phi) is 2.87. The molecule has 1 heterocycles. The maximum absolute atomic E-state index is 10.5. The molecule has 0 saturated carbocycles. The molecule has 1 aromatic rings. The van der Waals surface area contributed by atoms with Crippen LogP contribution in [0.2, 0.25) is 0 Å². The van der Waals surface area contributed by atoms with Crippen molar-refractivity contribution >= 4 is 22.2 Å². The summed E-state index contributed by atoms with van der Waals surface area (Å²) in [6.07, 6.45) is 3.48. The van der Waals surface area contributed by atoms with Gasteiger partial charge in [-0.05, 0) is 46.0 Å². The van der Waals surface area contributed by atoms with Crippen LogP contribution in [0.4, 0.5) is 0 Å². The Hall–Kier alpha value is -0.830. The second kappa shape index (κ2) is 4.13. The highest BCUT2D eigenvalue weighted by Gasteiger charge is 2.16. The third-order valence-corrected chi connectivity index (χ3v) is 3.05. The van der Waals surface area contributed by atoms with Gasteiger partial charge in [0, 0.05) is 6.42 Å². The molecule has 1 aliphatic rings. The van der Waals surface area contributed by atoms with E-state index in [2.05, 4.69) is 15.9 Å². The minimum Gasteiger partial charge on any atom is -0.492 e. The van der Waals surface area contributed by atoms with Crippen LogP contribution in [0, 0.1) is 0 Å². The maximum Gasteiger partial charge on any atom is 0.136 e. The first-order valence-corrected chi connectivity index (χ1v) is 5.49. The van der Waals surface area contributed by atoms with Crippen molar-refractivity contribution in [3.63, 3.8) is 0 Å². The van der Waals surface area contributed by atoms with Crippen LogP contribution < -0.4 is 4.74 Å². The second-order valence-electron chi connectivity index (χ2n) is 3.34. The third kappa shape index (κ3) is 1.69. The van der Waals surface area contributed by atoms with Gasteiger partial charge in [-0.2, -0.15) is 0 Å². The number of hydrogen-bond acceptors (Lipinski definition) is 2. The summed E-state index contributed by atoms with van der Waals surface area (Å²) in [6, 6.07) is 3.94. The Morgan fingerprint density at radius 3 is 3.14 bits per heavy atom. The summed E-state index contributed by atoms with van der Waals surface area (Å²) in [5, 5.41) is 0. The van der Waals surface area contributed by atoms with Gasteiger partial charge in [0.25, 0.3) is 0 Å². The number of aldehydes is 1. The fraction of sp³-hybridized carbons (Fsp3) is 0.364. The molecule has 0 unspecified atom stereocenters. The van der Waals surface area contributed by atoms with Gasteiger partial charge in [-0.15, -0.1) is 0 Å². The van der Waals surface area contributed by atoms with Gasteiger partial charge in [0.15, 0.2) is 0 Å². The van der Waals surface area contributed by atoms with Crippen molar-refractivity contribution in [3.05, 3.63) is 27.7 Å². The zero-order valence-electron chi connectivity index (χ0n) is 7.75. The Balaban J connectivity index is 2.47. The smallest absolute Gasteiger partial charge is 0.136 e. The Morgan fingerprint density at radius 2 is 2.36 bits per heavy atom. The van der Waals surface area contributed by atoms with Crippen LogP contribution in [-0.2, 0) is 17.6 Å². The lowest BCUT2D eigenvalue weighted by Gasteiger charge is -2.20. The molecule has 1 aliphatic heterocycles. The van der Waals surface area contributed by atoms with Crippen LogP contribution >= 0.6 is 15.9 Å². The van der Waals surface area contributed by atoms with Crippen molar-refractivity contribution in [2.24, 2.45) is 0 Å². The largest absolute Gasteiger partial charge is 0.492 e. The number of rotatable bonds is 2. The molecule has 0 aliphatic carbocycles. The third-order valence-electron chi connectivity index (χ3n) is 2.43. The lowest BCUT2D eigenvalue weighted by Crippen LogP contribution is -2.11. The molecular weight excluding hydrogens is 244 g/mol. The SMILES string of the molecule is O=CCc1ccc(Br)c2c1CCCO2. The fourth-order valence-electron chi connectivity index (χ4n) is 1.77. The van der Waals surface area contributed by atoms with Crippen LogP contribution in [0.15, 0.2) is 16.6 Å². The van der Waals surface area contributed by atoms with Gasteiger partial charge < -0.3 is 9.53 Å². The van der Waals surface area contributed by atoms with Crippen molar-refractivity contribution in [1.29, 1.82) is 0 Å². The molecule has 0 spiro atoms. The number of carbonyl (C=O) groups excluding carboxylic acids is 1. The number of ether oxygens (including phenoxy) is 1. The Labute approximate surface area is 91.4 Å². The first-order valence-electron chi connectivity index (χ1n) is 4.69. The van der Waals surface area contributed by atoms with Gasteiger partial charge in [-0.3, -0.25) is 0 Å². The van der Waals surface area contributed by atoms with E-state index < -0.39 is 0 Å². The number of carbonyl (C=O) groups is 1. The first-order chi connectivity index (χ1) is 6.83. The highest BCUT2D eigenvalue weighted by atomic mass is 79.9. The summed E-state index contributed by atoms with van der Waals surface area (Å²) in [6.45, 7) is 0.774. The standard InChI is InChI=1S/C11H11BrO2/c12-10-4-3-8(5-6-13)9-2-1-7-14-11(9)10/h3-4,6H,1-2,5,7H2. The lowest BCUT2D eigenvalue weighted by atomic mass is 9.98. The van der Waals surface area contributed by atoms with E-state index in [1.807, 2.05) is 12.1 Å². The molecule has 0 fully saturated rings. The fourth-order valence-corrected chi connectivity index (χ4v) is 2.26. The summed E-state index contributed by atoms with van der Waals surface area (Å²) in [5.41, 5.74) is 2.29. The molecule has 0 saturated heterocycles. The summed E-state index contributed by atoms with van der Waals surface area (Å²) in [7, 11) is 0. The lowest BCUT2D eigenvalue weighted by molar-refractivity contribution is -0.107. The molecule has 0 amide bonds. The minimum atomic E-state index is 0.485. The summed E-state index contributed by atoms with van der Waals surface area (Å²) in [5.74, 6) is 0.926. The average Bonchev–Trinajstić information content (AvgIpc) is 2.23. The predicted molar refractivity (Wildman–Crippen MR) is 57.7 cm³/mol. The van der Waals surface area contributed by atoms with Gasteiger partial charge in [-0.1, -0.05) is 6.07 Å². The van der Waals surface area contributed by atoms with Crippen molar-refractivity contribution < 1.29 is 9.53 Å². The van der Waals surface area contributed by atoms with Crippen LogP contribution in [-0.4, -0.2) is 12.9 Å². The van der Waals surface area contributed by atoms with Crippen molar-refractivity contribution in [2.45, 2.75) is 19.3 Å². The van der Waals surface area contributed by atoms with E-state index in [0.717, 1.165) is 41.5 Å². The van der Waals surface area contributed by atoms with Crippen molar-refractivity contribution in [1.82, 2.24) is 0 Å². The maximum atomic E-state index is 10.5. The quantitative estimate of drug-likeness (QED) is 0.759.